The van der Waals surface area contributed by atoms with Gasteiger partial charge in [0.1, 0.15) is 0 Å². The average Bonchev–Trinajstić information content (AvgIpc) is 3.01. The lowest BCUT2D eigenvalue weighted by molar-refractivity contribution is 0.122. The van der Waals surface area contributed by atoms with E-state index >= 15 is 0 Å². The molecule has 1 aromatic heterocycles. The molecule has 1 aliphatic rings. The lowest BCUT2D eigenvalue weighted by atomic mass is 10.1. The Hall–Kier alpha value is -1.04. The van der Waals surface area contributed by atoms with Crippen LogP contribution in [0, 0.1) is 0 Å². The quantitative estimate of drug-likeness (QED) is 0.560. The SMILES string of the molecule is Clc1ccc(CN2CCN(Cc3c[nH]c4ccc(Br)cc34)CC2)c(Cl)c1. The minimum absolute atomic E-state index is 0.689. The maximum atomic E-state index is 6.31. The van der Waals surface area contributed by atoms with Gasteiger partial charge in [-0.25, -0.2) is 0 Å². The molecular formula is C20H20BrCl2N3. The number of aromatic nitrogens is 1. The summed E-state index contributed by atoms with van der Waals surface area (Å²) in [6.07, 6.45) is 2.14. The molecule has 1 N–H and O–H groups in total. The van der Waals surface area contributed by atoms with Crippen molar-refractivity contribution in [2.24, 2.45) is 0 Å². The zero-order chi connectivity index (χ0) is 18.1. The molecule has 0 spiro atoms. The van der Waals surface area contributed by atoms with Gasteiger partial charge >= 0.3 is 0 Å². The van der Waals surface area contributed by atoms with Gasteiger partial charge in [0, 0.05) is 70.9 Å². The van der Waals surface area contributed by atoms with Gasteiger partial charge in [0.15, 0.2) is 0 Å². The van der Waals surface area contributed by atoms with Gasteiger partial charge in [0.2, 0.25) is 0 Å². The zero-order valence-corrected chi connectivity index (χ0v) is 17.4. The number of rotatable bonds is 4. The van der Waals surface area contributed by atoms with Crippen LogP contribution in [0.25, 0.3) is 10.9 Å². The molecule has 6 heteroatoms. The van der Waals surface area contributed by atoms with Crippen LogP contribution in [0.3, 0.4) is 0 Å². The van der Waals surface area contributed by atoms with Crippen molar-refractivity contribution < 1.29 is 0 Å². The van der Waals surface area contributed by atoms with Gasteiger partial charge in [0.05, 0.1) is 0 Å². The van der Waals surface area contributed by atoms with Crippen LogP contribution in [0.15, 0.2) is 47.1 Å². The number of nitrogens with zero attached hydrogens (tertiary/aromatic N) is 2. The van der Waals surface area contributed by atoms with Crippen LogP contribution in [-0.2, 0) is 13.1 Å². The summed E-state index contributed by atoms with van der Waals surface area (Å²) in [5, 5.41) is 2.74. The third-order valence-electron chi connectivity index (χ3n) is 5.00. The molecule has 0 atom stereocenters. The number of aromatic amines is 1. The summed E-state index contributed by atoms with van der Waals surface area (Å²) in [5.74, 6) is 0. The number of fused-ring (bicyclic) bond motifs is 1. The Balaban J connectivity index is 1.36. The van der Waals surface area contributed by atoms with E-state index in [2.05, 4.69) is 55.1 Å². The Bertz CT molecular complexity index is 917. The maximum Gasteiger partial charge on any atom is 0.0465 e. The van der Waals surface area contributed by atoms with Crippen LogP contribution in [0.5, 0.6) is 0 Å². The van der Waals surface area contributed by atoms with Crippen molar-refractivity contribution in [3.8, 4) is 0 Å². The largest absolute Gasteiger partial charge is 0.361 e. The van der Waals surface area contributed by atoms with Crippen LogP contribution < -0.4 is 0 Å². The average molecular weight is 453 g/mol. The van der Waals surface area contributed by atoms with Gasteiger partial charge in [-0.1, -0.05) is 45.2 Å². The molecule has 1 fully saturated rings. The van der Waals surface area contributed by atoms with E-state index in [1.165, 1.54) is 16.5 Å². The second kappa shape index (κ2) is 7.91. The molecule has 0 saturated carbocycles. The normalized spacial score (nSPS) is 16.4. The third kappa shape index (κ3) is 4.10. The molecule has 2 aromatic carbocycles. The molecule has 3 nitrogen and oxygen atoms in total. The van der Waals surface area contributed by atoms with Crippen LogP contribution in [0.1, 0.15) is 11.1 Å². The van der Waals surface area contributed by atoms with Crippen LogP contribution in [-0.4, -0.2) is 41.0 Å². The number of piperazine rings is 1. The first-order valence-corrected chi connectivity index (χ1v) is 10.3. The molecule has 136 valence electrons. The van der Waals surface area contributed by atoms with E-state index in [9.17, 15) is 0 Å². The number of halogens is 3. The Labute approximate surface area is 172 Å². The van der Waals surface area contributed by atoms with Gasteiger partial charge in [0.25, 0.3) is 0 Å². The lowest BCUT2D eigenvalue weighted by Gasteiger charge is -2.34. The highest BCUT2D eigenvalue weighted by atomic mass is 79.9. The first-order chi connectivity index (χ1) is 12.6. The fraction of sp³-hybridized carbons (Fsp3) is 0.300. The van der Waals surface area contributed by atoms with Gasteiger partial charge < -0.3 is 4.98 Å². The predicted octanol–water partition coefficient (Wildman–Crippen LogP) is 5.56. The Morgan fingerprint density at radius 2 is 1.58 bits per heavy atom. The molecule has 4 rings (SSSR count). The number of H-pyrrole nitrogens is 1. The van der Waals surface area contributed by atoms with E-state index in [1.54, 1.807) is 0 Å². The summed E-state index contributed by atoms with van der Waals surface area (Å²) in [6.45, 7) is 6.07. The summed E-state index contributed by atoms with van der Waals surface area (Å²) in [4.78, 5) is 8.35. The Morgan fingerprint density at radius 3 is 2.27 bits per heavy atom. The van der Waals surface area contributed by atoms with Gasteiger partial charge in [-0.2, -0.15) is 0 Å². The van der Waals surface area contributed by atoms with Gasteiger partial charge in [-0.05, 0) is 41.5 Å². The fourth-order valence-corrected chi connectivity index (χ4v) is 4.35. The zero-order valence-electron chi connectivity index (χ0n) is 14.3. The topological polar surface area (TPSA) is 22.3 Å². The minimum Gasteiger partial charge on any atom is -0.361 e. The summed E-state index contributed by atoms with van der Waals surface area (Å²) in [6, 6.07) is 12.2. The number of hydrogen-bond donors (Lipinski definition) is 1. The smallest absolute Gasteiger partial charge is 0.0465 e. The van der Waals surface area contributed by atoms with E-state index in [0.29, 0.717) is 5.02 Å². The number of hydrogen-bond acceptors (Lipinski definition) is 2. The van der Waals surface area contributed by atoms with Crippen LogP contribution >= 0.6 is 39.1 Å². The molecular weight excluding hydrogens is 433 g/mol. The van der Waals surface area contributed by atoms with E-state index in [-0.39, 0.29) is 0 Å². The number of benzene rings is 2. The molecule has 1 saturated heterocycles. The van der Waals surface area contributed by atoms with Crippen LogP contribution in [0.4, 0.5) is 0 Å². The molecule has 0 bridgehead atoms. The lowest BCUT2D eigenvalue weighted by Crippen LogP contribution is -2.45. The Kier molecular flexibility index (Phi) is 5.58. The van der Waals surface area contributed by atoms with Gasteiger partial charge in [-0.3, -0.25) is 9.80 Å². The van der Waals surface area contributed by atoms with Crippen molar-refractivity contribution in [3.63, 3.8) is 0 Å². The van der Waals surface area contributed by atoms with E-state index in [4.69, 9.17) is 23.2 Å². The van der Waals surface area contributed by atoms with Gasteiger partial charge in [-0.15, -0.1) is 0 Å². The summed E-state index contributed by atoms with van der Waals surface area (Å²) >= 11 is 15.9. The van der Waals surface area contributed by atoms with E-state index < -0.39 is 0 Å². The number of nitrogens with one attached hydrogen (secondary N) is 1. The van der Waals surface area contributed by atoms with Crippen molar-refractivity contribution in [1.82, 2.24) is 14.8 Å². The fourth-order valence-electron chi connectivity index (χ4n) is 3.52. The third-order valence-corrected chi connectivity index (χ3v) is 6.08. The predicted molar refractivity (Wildman–Crippen MR) is 113 cm³/mol. The van der Waals surface area contributed by atoms with Crippen molar-refractivity contribution in [2.45, 2.75) is 13.1 Å². The molecule has 0 amide bonds. The van der Waals surface area contributed by atoms with E-state index in [1.807, 2.05) is 18.2 Å². The molecule has 0 radical (unpaired) electrons. The highest BCUT2D eigenvalue weighted by molar-refractivity contribution is 9.10. The Morgan fingerprint density at radius 1 is 0.885 bits per heavy atom. The van der Waals surface area contributed by atoms with Crippen molar-refractivity contribution in [2.75, 3.05) is 26.2 Å². The first-order valence-electron chi connectivity index (χ1n) is 8.72. The summed E-state index contributed by atoms with van der Waals surface area (Å²) < 4.78 is 1.12. The molecule has 3 aromatic rings. The van der Waals surface area contributed by atoms with Crippen molar-refractivity contribution in [3.05, 3.63) is 68.2 Å². The van der Waals surface area contributed by atoms with E-state index in [0.717, 1.165) is 54.3 Å². The standard InChI is InChI=1S/C20H20BrCl2N3/c21-16-2-4-20-18(9-16)15(11-24-20)13-26-7-5-25(6-8-26)12-14-1-3-17(22)10-19(14)23/h1-4,9-11,24H,5-8,12-13H2. The van der Waals surface area contributed by atoms with Crippen molar-refractivity contribution >= 4 is 50.0 Å². The maximum absolute atomic E-state index is 6.31. The monoisotopic (exact) mass is 451 g/mol. The summed E-state index contributed by atoms with van der Waals surface area (Å²) in [7, 11) is 0. The molecule has 1 aliphatic heterocycles. The first kappa shape index (κ1) is 18.3. The molecule has 26 heavy (non-hydrogen) atoms. The molecule has 0 aliphatic carbocycles. The highest BCUT2D eigenvalue weighted by Crippen LogP contribution is 2.25. The summed E-state index contributed by atoms with van der Waals surface area (Å²) in [5.41, 5.74) is 3.70. The van der Waals surface area contributed by atoms with Crippen LogP contribution in [0.2, 0.25) is 10.0 Å². The van der Waals surface area contributed by atoms with Crippen molar-refractivity contribution in [1.29, 1.82) is 0 Å². The second-order valence-electron chi connectivity index (χ2n) is 6.79. The second-order valence-corrected chi connectivity index (χ2v) is 8.55. The highest BCUT2D eigenvalue weighted by Gasteiger charge is 2.19. The minimum atomic E-state index is 0.689. The molecule has 2 heterocycles. The molecule has 0 unspecified atom stereocenters.